The zero-order valence-electron chi connectivity index (χ0n) is 24.9. The van der Waals surface area contributed by atoms with Gasteiger partial charge in [0.05, 0.1) is 28.0 Å². The number of rotatable bonds is 7. The summed E-state index contributed by atoms with van der Waals surface area (Å²) in [7, 11) is 1.45. The second kappa shape index (κ2) is 13.1. The predicted molar refractivity (Wildman–Crippen MR) is 166 cm³/mol. The van der Waals surface area contributed by atoms with Gasteiger partial charge in [-0.2, -0.15) is 18.3 Å². The van der Waals surface area contributed by atoms with Crippen LogP contribution in [0.15, 0.2) is 30.6 Å². The smallest absolute Gasteiger partial charge is 0.335 e. The van der Waals surface area contributed by atoms with Crippen LogP contribution < -0.4 is 16.4 Å². The first-order valence-electron chi connectivity index (χ1n) is 14.7. The molecular formula is C29H34Cl2F3N9O3. The number of hydrogen-bond acceptors (Lipinski definition) is 6. The van der Waals surface area contributed by atoms with Crippen LogP contribution in [-0.4, -0.2) is 85.2 Å². The van der Waals surface area contributed by atoms with E-state index in [0.717, 1.165) is 25.7 Å². The molecule has 4 N–H and O–H groups in total. The number of aromatic nitrogens is 4. The first-order valence-corrected chi connectivity index (χ1v) is 15.1. The molecule has 3 aromatic rings. The van der Waals surface area contributed by atoms with E-state index in [1.807, 2.05) is 0 Å². The maximum Gasteiger partial charge on any atom is 0.435 e. The Hall–Kier alpha value is -3.82. The molecule has 1 saturated heterocycles. The Morgan fingerprint density at radius 1 is 1.09 bits per heavy atom. The second-order valence-corrected chi connectivity index (χ2v) is 12.3. The summed E-state index contributed by atoms with van der Waals surface area (Å²) < 4.78 is 44.0. The molecule has 6 rings (SSSR count). The number of imidazole rings is 1. The van der Waals surface area contributed by atoms with Gasteiger partial charge in [-0.05, 0) is 49.8 Å². The number of piperazine rings is 1. The molecule has 0 atom stereocenters. The van der Waals surface area contributed by atoms with E-state index in [2.05, 4.69) is 20.7 Å². The number of nitrogens with two attached hydrogens (primary N) is 1. The molecule has 3 aliphatic rings. The van der Waals surface area contributed by atoms with E-state index in [1.54, 1.807) is 9.80 Å². The number of nitrogens with one attached hydrogen (secondary N) is 2. The summed E-state index contributed by atoms with van der Waals surface area (Å²) in [5.74, 6) is -0.775. The van der Waals surface area contributed by atoms with E-state index < -0.39 is 17.8 Å². The van der Waals surface area contributed by atoms with Gasteiger partial charge in [0.15, 0.2) is 11.5 Å². The van der Waals surface area contributed by atoms with Crippen molar-refractivity contribution in [3.8, 4) is 11.3 Å². The number of nitrogens with zero attached hydrogens (tertiary/aromatic N) is 6. The Labute approximate surface area is 273 Å². The van der Waals surface area contributed by atoms with Crippen molar-refractivity contribution in [3.05, 3.63) is 52.7 Å². The molecular weight excluding hydrogens is 650 g/mol. The number of benzene rings is 1. The number of anilines is 1. The van der Waals surface area contributed by atoms with Crippen LogP contribution in [0.25, 0.3) is 11.3 Å². The van der Waals surface area contributed by atoms with Crippen LogP contribution in [0.1, 0.15) is 52.4 Å². The maximum atomic E-state index is 13.8. The Morgan fingerprint density at radius 3 is 2.37 bits per heavy atom. The van der Waals surface area contributed by atoms with Gasteiger partial charge in [-0.25, -0.2) is 9.78 Å². The lowest BCUT2D eigenvalue weighted by molar-refractivity contribution is -0.141. The Bertz CT molecular complexity index is 1630. The van der Waals surface area contributed by atoms with Crippen LogP contribution in [0.5, 0.6) is 0 Å². The minimum Gasteiger partial charge on any atom is -0.335 e. The zero-order chi connectivity index (χ0) is 32.0. The molecule has 0 bridgehead atoms. The lowest BCUT2D eigenvalue weighted by Gasteiger charge is -2.38. The molecule has 248 valence electrons. The summed E-state index contributed by atoms with van der Waals surface area (Å²) in [4.78, 5) is 46.1. The molecule has 2 aliphatic carbocycles. The highest BCUT2D eigenvalue weighted by Crippen LogP contribution is 2.38. The van der Waals surface area contributed by atoms with E-state index >= 15 is 0 Å². The fourth-order valence-corrected chi connectivity index (χ4v) is 5.89. The van der Waals surface area contributed by atoms with Crippen molar-refractivity contribution in [2.75, 3.05) is 31.5 Å². The molecule has 2 aromatic heterocycles. The molecule has 0 unspecified atom stereocenters. The number of amides is 4. The summed E-state index contributed by atoms with van der Waals surface area (Å²) in [6.07, 6.45) is 1.31. The summed E-state index contributed by atoms with van der Waals surface area (Å²) in [6, 6.07) is 4.48. The lowest BCUT2D eigenvalue weighted by atomic mass is 9.88. The molecule has 2 saturated carbocycles. The van der Waals surface area contributed by atoms with Crippen molar-refractivity contribution in [1.82, 2.24) is 34.4 Å². The third kappa shape index (κ3) is 7.10. The third-order valence-electron chi connectivity index (χ3n) is 8.45. The molecule has 0 spiro atoms. The van der Waals surface area contributed by atoms with Crippen molar-refractivity contribution in [3.63, 3.8) is 0 Å². The van der Waals surface area contributed by atoms with Gasteiger partial charge in [0.2, 0.25) is 0 Å². The van der Waals surface area contributed by atoms with Crippen LogP contribution in [0.2, 0.25) is 5.02 Å². The Morgan fingerprint density at radius 2 is 1.76 bits per heavy atom. The van der Waals surface area contributed by atoms with Crippen LogP contribution in [0.4, 0.5) is 23.7 Å². The monoisotopic (exact) mass is 683 g/mol. The highest BCUT2D eigenvalue weighted by molar-refractivity contribution is 6.34. The number of carbonyl (C=O) groups is 3. The highest BCUT2D eigenvalue weighted by atomic mass is 35.5. The standard InChI is InChI=1S/C29H33ClF3N9O3.ClH/c1-39-23(21-15-42(14-16-2-3-16)38-24(21)29(31,32)33)13-35-25(39)26(43)36-18-4-5-20(22(30)12-18)27(44)40-6-8-41(9-7-40)28(45)37-19-10-17(34)11-19;/h4-5,12-13,15-17,19H,2-3,6-11,14,34H2,1H3,(H,36,43)(H,37,45);1H/t17-,19+;. The number of halogens is 5. The van der Waals surface area contributed by atoms with Crippen LogP contribution in [0, 0.1) is 5.92 Å². The van der Waals surface area contributed by atoms with Gasteiger partial charge in [0, 0.05) is 63.7 Å². The molecule has 3 heterocycles. The lowest BCUT2D eigenvalue weighted by Crippen LogP contribution is -2.57. The minimum atomic E-state index is -4.68. The SMILES string of the molecule is Cl.Cn1c(-c2cn(CC3CC3)nc2C(F)(F)F)cnc1C(=O)Nc1ccc(C(=O)N2CCN(C(=O)N[C@H]3C[C@@H](N)C3)CC2)c(Cl)c1. The van der Waals surface area contributed by atoms with Gasteiger partial charge in [-0.1, -0.05) is 11.6 Å². The largest absolute Gasteiger partial charge is 0.435 e. The van der Waals surface area contributed by atoms with Gasteiger partial charge in [-0.3, -0.25) is 14.3 Å². The van der Waals surface area contributed by atoms with E-state index in [1.165, 1.54) is 46.9 Å². The molecule has 4 amide bonds. The van der Waals surface area contributed by atoms with Crippen molar-refractivity contribution in [2.24, 2.45) is 18.7 Å². The molecule has 1 aromatic carbocycles. The quantitative estimate of drug-likeness (QED) is 0.344. The fourth-order valence-electron chi connectivity index (χ4n) is 5.63. The normalized spacial score (nSPS) is 19.7. The average Bonchev–Trinajstić information content (AvgIpc) is 3.55. The molecule has 3 fully saturated rings. The summed E-state index contributed by atoms with van der Waals surface area (Å²) >= 11 is 6.44. The number of hydrogen-bond donors (Lipinski definition) is 3. The third-order valence-corrected chi connectivity index (χ3v) is 8.77. The summed E-state index contributed by atoms with van der Waals surface area (Å²) in [5.41, 5.74) is 5.19. The summed E-state index contributed by atoms with van der Waals surface area (Å²) in [5, 5.41) is 9.49. The Kier molecular flexibility index (Phi) is 9.57. The molecule has 17 heteroatoms. The van der Waals surface area contributed by atoms with Crippen molar-refractivity contribution in [1.29, 1.82) is 0 Å². The van der Waals surface area contributed by atoms with E-state index in [-0.39, 0.29) is 69.8 Å². The van der Waals surface area contributed by atoms with E-state index in [0.29, 0.717) is 38.6 Å². The molecule has 12 nitrogen and oxygen atoms in total. The van der Waals surface area contributed by atoms with Gasteiger partial charge in [0.1, 0.15) is 0 Å². The van der Waals surface area contributed by atoms with Gasteiger partial charge < -0.3 is 30.7 Å². The minimum absolute atomic E-state index is 0. The molecule has 1 aliphatic heterocycles. The average molecular weight is 685 g/mol. The van der Waals surface area contributed by atoms with Crippen molar-refractivity contribution >= 4 is 47.5 Å². The first kappa shape index (κ1) is 33.5. The zero-order valence-corrected chi connectivity index (χ0v) is 26.5. The molecule has 46 heavy (non-hydrogen) atoms. The van der Waals surface area contributed by atoms with Crippen molar-refractivity contribution < 1.29 is 27.6 Å². The van der Waals surface area contributed by atoms with Crippen molar-refractivity contribution in [2.45, 2.75) is 50.5 Å². The fraction of sp³-hybridized carbons (Fsp3) is 0.483. The predicted octanol–water partition coefficient (Wildman–Crippen LogP) is 4.00. The van der Waals surface area contributed by atoms with Gasteiger partial charge >= 0.3 is 12.2 Å². The number of urea groups is 1. The topological polar surface area (TPSA) is 143 Å². The highest BCUT2D eigenvalue weighted by Gasteiger charge is 2.39. The van der Waals surface area contributed by atoms with Crippen LogP contribution in [-0.2, 0) is 19.8 Å². The first-order chi connectivity index (χ1) is 21.4. The Balaban J connectivity index is 0.00000417. The van der Waals surface area contributed by atoms with E-state index in [9.17, 15) is 27.6 Å². The van der Waals surface area contributed by atoms with Crippen LogP contribution >= 0.6 is 24.0 Å². The number of alkyl halides is 3. The molecule has 0 radical (unpaired) electrons. The summed E-state index contributed by atoms with van der Waals surface area (Å²) in [6.45, 7) is 1.82. The number of carbonyl (C=O) groups excluding carboxylic acids is 3. The maximum absolute atomic E-state index is 13.8. The van der Waals surface area contributed by atoms with Gasteiger partial charge in [0.25, 0.3) is 11.8 Å². The van der Waals surface area contributed by atoms with Crippen LogP contribution in [0.3, 0.4) is 0 Å². The second-order valence-electron chi connectivity index (χ2n) is 11.9. The van der Waals surface area contributed by atoms with Gasteiger partial charge in [-0.15, -0.1) is 12.4 Å². The van der Waals surface area contributed by atoms with E-state index in [4.69, 9.17) is 17.3 Å².